The van der Waals surface area contributed by atoms with Crippen LogP contribution in [-0.4, -0.2) is 35.4 Å². The molecular weight excluding hydrogens is 326 g/mol. The number of ether oxygens (including phenoxy) is 1. The molecule has 0 spiro atoms. The third kappa shape index (κ3) is 5.85. The van der Waals surface area contributed by atoms with Gasteiger partial charge in [-0.3, -0.25) is 14.7 Å². The second-order valence-electron chi connectivity index (χ2n) is 6.91. The number of hydrogen-bond donors (Lipinski definition) is 1. The van der Waals surface area contributed by atoms with E-state index in [1.54, 1.807) is 13.1 Å². The second-order valence-corrected chi connectivity index (χ2v) is 6.91. The maximum atomic E-state index is 11.0. The Balaban J connectivity index is 1.41. The van der Waals surface area contributed by atoms with Crippen molar-refractivity contribution in [3.05, 3.63) is 59.9 Å². The largest absolute Gasteiger partial charge is 0.487 e. The fraction of sp³-hybridized carbons (Fsp3) is 0.429. The van der Waals surface area contributed by atoms with Gasteiger partial charge in [-0.25, -0.2) is 0 Å². The standard InChI is InChI=1S/C21H27N3O2/c1-17(25)23-14-18-9-12-24(13-10-18)15-19-5-7-21(8-6-19)26-16-20-4-2-3-11-22-20/h2-8,11,18H,9-10,12-16H2,1H3,(H,23,25). The van der Waals surface area contributed by atoms with Gasteiger partial charge in [0.25, 0.3) is 0 Å². The molecule has 0 atom stereocenters. The molecule has 1 N–H and O–H groups in total. The van der Waals surface area contributed by atoms with Crippen molar-refractivity contribution < 1.29 is 9.53 Å². The molecule has 1 aromatic carbocycles. The molecule has 1 amide bonds. The first-order valence-electron chi connectivity index (χ1n) is 9.27. The maximum Gasteiger partial charge on any atom is 0.216 e. The number of carbonyl (C=O) groups is 1. The summed E-state index contributed by atoms with van der Waals surface area (Å²) in [7, 11) is 0. The zero-order valence-corrected chi connectivity index (χ0v) is 15.4. The molecule has 1 aliphatic rings. The lowest BCUT2D eigenvalue weighted by molar-refractivity contribution is -0.119. The van der Waals surface area contributed by atoms with Crippen molar-refractivity contribution in [2.45, 2.75) is 32.9 Å². The summed E-state index contributed by atoms with van der Waals surface area (Å²) in [4.78, 5) is 17.8. The summed E-state index contributed by atoms with van der Waals surface area (Å²) < 4.78 is 5.79. The lowest BCUT2D eigenvalue weighted by Crippen LogP contribution is -2.37. The van der Waals surface area contributed by atoms with Gasteiger partial charge in [0.1, 0.15) is 12.4 Å². The summed E-state index contributed by atoms with van der Waals surface area (Å²) in [5, 5.41) is 2.93. The highest BCUT2D eigenvalue weighted by Crippen LogP contribution is 2.20. The second kappa shape index (κ2) is 9.34. The van der Waals surface area contributed by atoms with Crippen LogP contribution in [-0.2, 0) is 17.9 Å². The topological polar surface area (TPSA) is 54.5 Å². The zero-order chi connectivity index (χ0) is 18.2. The van der Waals surface area contributed by atoms with Gasteiger partial charge in [-0.05, 0) is 61.7 Å². The van der Waals surface area contributed by atoms with E-state index in [-0.39, 0.29) is 5.91 Å². The smallest absolute Gasteiger partial charge is 0.216 e. The number of hydrogen-bond acceptors (Lipinski definition) is 4. The number of rotatable bonds is 7. The Morgan fingerprint density at radius 2 is 1.96 bits per heavy atom. The van der Waals surface area contributed by atoms with Gasteiger partial charge in [0.15, 0.2) is 0 Å². The van der Waals surface area contributed by atoms with Crippen LogP contribution in [0.2, 0.25) is 0 Å². The lowest BCUT2D eigenvalue weighted by Gasteiger charge is -2.32. The van der Waals surface area contributed by atoms with Crippen molar-refractivity contribution in [2.24, 2.45) is 5.92 Å². The van der Waals surface area contributed by atoms with Crippen LogP contribution < -0.4 is 10.1 Å². The first-order chi connectivity index (χ1) is 12.7. The van der Waals surface area contributed by atoms with E-state index >= 15 is 0 Å². The van der Waals surface area contributed by atoms with Gasteiger partial charge >= 0.3 is 0 Å². The third-order valence-corrected chi connectivity index (χ3v) is 4.79. The number of nitrogens with zero attached hydrogens (tertiary/aromatic N) is 2. The van der Waals surface area contributed by atoms with Crippen LogP contribution in [0.4, 0.5) is 0 Å². The van der Waals surface area contributed by atoms with Gasteiger partial charge in [-0.2, -0.15) is 0 Å². The molecule has 0 bridgehead atoms. The average Bonchev–Trinajstić information content (AvgIpc) is 2.68. The predicted molar refractivity (Wildman–Crippen MR) is 102 cm³/mol. The Morgan fingerprint density at radius 1 is 1.19 bits per heavy atom. The van der Waals surface area contributed by atoms with Gasteiger partial charge in [0.05, 0.1) is 5.69 Å². The Labute approximate surface area is 155 Å². The summed E-state index contributed by atoms with van der Waals surface area (Å²) in [5.41, 5.74) is 2.23. The SMILES string of the molecule is CC(=O)NCC1CCN(Cc2ccc(OCc3ccccn3)cc2)CC1. The highest BCUT2D eigenvalue weighted by molar-refractivity contribution is 5.72. The molecule has 0 saturated carbocycles. The first kappa shape index (κ1) is 18.4. The Bertz CT molecular complexity index is 680. The third-order valence-electron chi connectivity index (χ3n) is 4.79. The normalized spacial score (nSPS) is 15.6. The van der Waals surface area contributed by atoms with Crippen molar-refractivity contribution in [1.29, 1.82) is 0 Å². The van der Waals surface area contributed by atoms with E-state index in [4.69, 9.17) is 4.74 Å². The van der Waals surface area contributed by atoms with Crippen molar-refractivity contribution in [3.63, 3.8) is 0 Å². The summed E-state index contributed by atoms with van der Waals surface area (Å²) in [5.74, 6) is 1.55. The molecule has 2 aromatic rings. The van der Waals surface area contributed by atoms with Gasteiger partial charge < -0.3 is 10.1 Å². The Morgan fingerprint density at radius 3 is 2.62 bits per heavy atom. The molecule has 5 heteroatoms. The number of piperidine rings is 1. The maximum absolute atomic E-state index is 11.0. The first-order valence-corrected chi connectivity index (χ1v) is 9.27. The van der Waals surface area contributed by atoms with Crippen LogP contribution in [0.15, 0.2) is 48.7 Å². The molecule has 1 aliphatic heterocycles. The number of pyridine rings is 1. The predicted octanol–water partition coefficient (Wildman–Crippen LogP) is 3.01. The molecule has 0 unspecified atom stereocenters. The molecular formula is C21H27N3O2. The van der Waals surface area contributed by atoms with Gasteiger partial charge in [0.2, 0.25) is 5.91 Å². The molecule has 0 radical (unpaired) electrons. The number of carbonyl (C=O) groups excluding carboxylic acids is 1. The van der Waals surface area contributed by atoms with Crippen molar-refractivity contribution >= 4 is 5.91 Å². The number of aromatic nitrogens is 1. The van der Waals surface area contributed by atoms with E-state index in [2.05, 4.69) is 27.3 Å². The van der Waals surface area contributed by atoms with Crippen LogP contribution in [0.3, 0.4) is 0 Å². The van der Waals surface area contributed by atoms with Gasteiger partial charge in [-0.15, -0.1) is 0 Å². The molecule has 1 fully saturated rings. The minimum absolute atomic E-state index is 0.0674. The van der Waals surface area contributed by atoms with E-state index in [1.165, 1.54) is 5.56 Å². The molecule has 2 heterocycles. The fourth-order valence-corrected chi connectivity index (χ4v) is 3.23. The molecule has 0 aliphatic carbocycles. The monoisotopic (exact) mass is 353 g/mol. The summed E-state index contributed by atoms with van der Waals surface area (Å²) >= 11 is 0. The Kier molecular flexibility index (Phi) is 6.61. The number of amides is 1. The average molecular weight is 353 g/mol. The van der Waals surface area contributed by atoms with E-state index in [0.717, 1.165) is 50.5 Å². The summed E-state index contributed by atoms with van der Waals surface area (Å²) in [6.07, 6.45) is 4.07. The van der Waals surface area contributed by atoms with Crippen molar-refractivity contribution in [2.75, 3.05) is 19.6 Å². The van der Waals surface area contributed by atoms with E-state index in [0.29, 0.717) is 12.5 Å². The Hall–Kier alpha value is -2.40. The van der Waals surface area contributed by atoms with Gasteiger partial charge in [-0.1, -0.05) is 18.2 Å². The van der Waals surface area contributed by atoms with E-state index in [9.17, 15) is 4.79 Å². The number of likely N-dealkylation sites (tertiary alicyclic amines) is 1. The van der Waals surface area contributed by atoms with E-state index < -0.39 is 0 Å². The summed E-state index contributed by atoms with van der Waals surface area (Å²) in [6, 6.07) is 14.2. The molecule has 1 saturated heterocycles. The number of benzene rings is 1. The molecule has 26 heavy (non-hydrogen) atoms. The van der Waals surface area contributed by atoms with Crippen LogP contribution in [0, 0.1) is 5.92 Å². The fourth-order valence-electron chi connectivity index (χ4n) is 3.23. The highest BCUT2D eigenvalue weighted by atomic mass is 16.5. The highest BCUT2D eigenvalue weighted by Gasteiger charge is 2.19. The molecule has 5 nitrogen and oxygen atoms in total. The lowest BCUT2D eigenvalue weighted by atomic mass is 9.96. The molecule has 3 rings (SSSR count). The van der Waals surface area contributed by atoms with Crippen LogP contribution in [0.25, 0.3) is 0 Å². The zero-order valence-electron chi connectivity index (χ0n) is 15.4. The molecule has 138 valence electrons. The quantitative estimate of drug-likeness (QED) is 0.831. The minimum Gasteiger partial charge on any atom is -0.487 e. The van der Waals surface area contributed by atoms with Crippen molar-refractivity contribution in [3.8, 4) is 5.75 Å². The van der Waals surface area contributed by atoms with Crippen LogP contribution in [0.1, 0.15) is 31.0 Å². The van der Waals surface area contributed by atoms with Crippen LogP contribution in [0.5, 0.6) is 5.75 Å². The number of nitrogens with one attached hydrogen (secondary N) is 1. The van der Waals surface area contributed by atoms with Crippen LogP contribution >= 0.6 is 0 Å². The molecule has 1 aromatic heterocycles. The van der Waals surface area contributed by atoms with Crippen molar-refractivity contribution in [1.82, 2.24) is 15.2 Å². The minimum atomic E-state index is 0.0674. The van der Waals surface area contributed by atoms with Gasteiger partial charge in [0, 0.05) is 26.2 Å². The summed E-state index contributed by atoms with van der Waals surface area (Å²) in [6.45, 7) is 6.02. The van der Waals surface area contributed by atoms with E-state index in [1.807, 2.05) is 30.3 Å².